The lowest BCUT2D eigenvalue weighted by atomic mass is 10.1. The molecule has 0 bridgehead atoms. The molecule has 1 unspecified atom stereocenters. The van der Waals surface area contributed by atoms with Crippen molar-refractivity contribution < 1.29 is 0 Å². The van der Waals surface area contributed by atoms with E-state index in [-0.39, 0.29) is 0 Å². The predicted octanol–water partition coefficient (Wildman–Crippen LogP) is 2.91. The van der Waals surface area contributed by atoms with Crippen molar-refractivity contribution in [1.29, 1.82) is 0 Å². The summed E-state index contributed by atoms with van der Waals surface area (Å²) in [5.41, 5.74) is 0. The summed E-state index contributed by atoms with van der Waals surface area (Å²) in [6, 6.07) is 0. The Balaban J connectivity index is 3.31. The molecule has 0 aliphatic carbocycles. The standard InChI is InChI=1S/C8H16S/c1-3-5-6-8(4-2)7-9/h3,5,8-9H,4,6-7H2,1-2H3. The van der Waals surface area contributed by atoms with Crippen molar-refractivity contribution in [3.8, 4) is 0 Å². The zero-order valence-electron chi connectivity index (χ0n) is 6.30. The fraction of sp³-hybridized carbons (Fsp3) is 0.750. The molecule has 0 heterocycles. The third kappa shape index (κ3) is 4.58. The van der Waals surface area contributed by atoms with Crippen LogP contribution in [0.5, 0.6) is 0 Å². The first kappa shape index (κ1) is 9.09. The topological polar surface area (TPSA) is 0 Å². The van der Waals surface area contributed by atoms with Gasteiger partial charge in [-0.3, -0.25) is 0 Å². The molecule has 0 amide bonds. The highest BCUT2D eigenvalue weighted by Gasteiger charge is 1.98. The van der Waals surface area contributed by atoms with Crippen molar-refractivity contribution in [2.24, 2.45) is 5.92 Å². The Morgan fingerprint density at radius 3 is 2.56 bits per heavy atom. The first-order chi connectivity index (χ1) is 4.35. The first-order valence-electron chi connectivity index (χ1n) is 3.57. The lowest BCUT2D eigenvalue weighted by Gasteiger charge is -2.06. The average Bonchev–Trinajstić information content (AvgIpc) is 1.91. The second-order valence-electron chi connectivity index (χ2n) is 2.26. The van der Waals surface area contributed by atoms with Crippen LogP contribution in [-0.4, -0.2) is 5.75 Å². The van der Waals surface area contributed by atoms with Gasteiger partial charge in [-0.15, -0.1) is 0 Å². The molecule has 0 nitrogen and oxygen atoms in total. The average molecular weight is 144 g/mol. The van der Waals surface area contributed by atoms with Crippen LogP contribution in [0.1, 0.15) is 26.7 Å². The number of rotatable bonds is 4. The third-order valence-corrected chi connectivity index (χ3v) is 2.06. The van der Waals surface area contributed by atoms with Crippen molar-refractivity contribution in [2.75, 3.05) is 5.75 Å². The smallest absolute Gasteiger partial charge is 0.00666 e. The quantitative estimate of drug-likeness (QED) is 0.455. The van der Waals surface area contributed by atoms with Crippen LogP contribution in [0.4, 0.5) is 0 Å². The monoisotopic (exact) mass is 144 g/mol. The summed E-state index contributed by atoms with van der Waals surface area (Å²) < 4.78 is 0. The van der Waals surface area contributed by atoms with Crippen LogP contribution in [0.2, 0.25) is 0 Å². The van der Waals surface area contributed by atoms with Gasteiger partial charge >= 0.3 is 0 Å². The summed E-state index contributed by atoms with van der Waals surface area (Å²) >= 11 is 4.23. The lowest BCUT2D eigenvalue weighted by Crippen LogP contribution is -1.97. The lowest BCUT2D eigenvalue weighted by molar-refractivity contribution is 0.583. The number of hydrogen-bond donors (Lipinski definition) is 1. The second-order valence-corrected chi connectivity index (χ2v) is 2.63. The highest BCUT2D eigenvalue weighted by atomic mass is 32.1. The molecule has 0 saturated heterocycles. The van der Waals surface area contributed by atoms with Crippen molar-refractivity contribution >= 4 is 12.6 Å². The van der Waals surface area contributed by atoms with Gasteiger partial charge in [0.05, 0.1) is 0 Å². The van der Waals surface area contributed by atoms with Gasteiger partial charge in [0.15, 0.2) is 0 Å². The van der Waals surface area contributed by atoms with Crippen LogP contribution in [-0.2, 0) is 0 Å². The minimum absolute atomic E-state index is 0.782. The van der Waals surface area contributed by atoms with Crippen molar-refractivity contribution in [1.82, 2.24) is 0 Å². The van der Waals surface area contributed by atoms with E-state index in [0.29, 0.717) is 0 Å². The van der Waals surface area contributed by atoms with Gasteiger partial charge < -0.3 is 0 Å². The zero-order chi connectivity index (χ0) is 7.11. The maximum absolute atomic E-state index is 4.23. The molecule has 0 aromatic rings. The van der Waals surface area contributed by atoms with Gasteiger partial charge in [0.1, 0.15) is 0 Å². The zero-order valence-corrected chi connectivity index (χ0v) is 7.20. The molecule has 0 aromatic heterocycles. The second kappa shape index (κ2) is 6.21. The van der Waals surface area contributed by atoms with E-state index >= 15 is 0 Å². The maximum atomic E-state index is 4.23. The Labute approximate surface area is 63.8 Å². The molecule has 0 aliphatic heterocycles. The number of hydrogen-bond acceptors (Lipinski definition) is 1. The van der Waals surface area contributed by atoms with Crippen LogP contribution in [0, 0.1) is 5.92 Å². The molecular formula is C8H16S. The molecule has 0 rings (SSSR count). The van der Waals surface area contributed by atoms with E-state index in [4.69, 9.17) is 0 Å². The summed E-state index contributed by atoms with van der Waals surface area (Å²) in [5.74, 6) is 1.80. The predicted molar refractivity (Wildman–Crippen MR) is 47.1 cm³/mol. The van der Waals surface area contributed by atoms with Crippen molar-refractivity contribution in [3.05, 3.63) is 12.2 Å². The summed E-state index contributed by atoms with van der Waals surface area (Å²) in [6.07, 6.45) is 6.75. The van der Waals surface area contributed by atoms with Gasteiger partial charge in [-0.1, -0.05) is 25.5 Å². The molecule has 1 heteroatoms. The van der Waals surface area contributed by atoms with E-state index in [0.717, 1.165) is 11.7 Å². The van der Waals surface area contributed by atoms with E-state index in [1.165, 1.54) is 12.8 Å². The Kier molecular flexibility index (Phi) is 6.28. The first-order valence-corrected chi connectivity index (χ1v) is 4.20. The normalized spacial score (nSPS) is 14.6. The van der Waals surface area contributed by atoms with Gasteiger partial charge in [-0.25, -0.2) is 0 Å². The van der Waals surface area contributed by atoms with Gasteiger partial charge in [-0.2, -0.15) is 12.6 Å². The minimum atomic E-state index is 0.782. The molecule has 0 aromatic carbocycles. The molecule has 0 radical (unpaired) electrons. The molecule has 1 atom stereocenters. The Morgan fingerprint density at radius 1 is 1.56 bits per heavy atom. The van der Waals surface area contributed by atoms with Gasteiger partial charge in [0.25, 0.3) is 0 Å². The van der Waals surface area contributed by atoms with Crippen molar-refractivity contribution in [2.45, 2.75) is 26.7 Å². The Morgan fingerprint density at radius 2 is 2.22 bits per heavy atom. The fourth-order valence-corrected chi connectivity index (χ4v) is 1.11. The molecular weight excluding hydrogens is 128 g/mol. The van der Waals surface area contributed by atoms with Crippen LogP contribution >= 0.6 is 12.6 Å². The molecule has 9 heavy (non-hydrogen) atoms. The van der Waals surface area contributed by atoms with Crippen LogP contribution < -0.4 is 0 Å². The molecule has 0 aliphatic rings. The van der Waals surface area contributed by atoms with Gasteiger partial charge in [0, 0.05) is 0 Å². The highest BCUT2D eigenvalue weighted by molar-refractivity contribution is 7.80. The van der Waals surface area contributed by atoms with Gasteiger partial charge in [0.2, 0.25) is 0 Å². The van der Waals surface area contributed by atoms with E-state index in [1.54, 1.807) is 0 Å². The molecule has 0 saturated carbocycles. The largest absolute Gasteiger partial charge is 0.179 e. The van der Waals surface area contributed by atoms with Crippen molar-refractivity contribution in [3.63, 3.8) is 0 Å². The SMILES string of the molecule is CC=CCC(CC)CS. The summed E-state index contributed by atoms with van der Waals surface area (Å²) in [6.45, 7) is 4.27. The van der Waals surface area contributed by atoms with E-state index in [1.807, 2.05) is 0 Å². The summed E-state index contributed by atoms with van der Waals surface area (Å²) in [4.78, 5) is 0. The minimum Gasteiger partial charge on any atom is -0.179 e. The molecule has 54 valence electrons. The van der Waals surface area contributed by atoms with Crippen LogP contribution in [0.15, 0.2) is 12.2 Å². The summed E-state index contributed by atoms with van der Waals surface area (Å²) in [7, 11) is 0. The molecule has 0 spiro atoms. The van der Waals surface area contributed by atoms with Gasteiger partial charge in [-0.05, 0) is 25.0 Å². The van der Waals surface area contributed by atoms with E-state index in [9.17, 15) is 0 Å². The number of allylic oxidation sites excluding steroid dienone is 2. The van der Waals surface area contributed by atoms with E-state index < -0.39 is 0 Å². The number of thiol groups is 1. The molecule has 0 N–H and O–H groups in total. The molecule has 0 fully saturated rings. The highest BCUT2D eigenvalue weighted by Crippen LogP contribution is 2.09. The Bertz CT molecular complexity index is 72.6. The maximum Gasteiger partial charge on any atom is -0.00666 e. The van der Waals surface area contributed by atoms with Crippen LogP contribution in [0.3, 0.4) is 0 Å². The fourth-order valence-electron chi connectivity index (χ4n) is 0.699. The van der Waals surface area contributed by atoms with Crippen LogP contribution in [0.25, 0.3) is 0 Å². The Hall–Kier alpha value is 0.0900. The van der Waals surface area contributed by atoms with E-state index in [2.05, 4.69) is 38.6 Å². The summed E-state index contributed by atoms with van der Waals surface area (Å²) in [5, 5.41) is 0. The third-order valence-electron chi connectivity index (χ3n) is 1.54.